The second-order valence-corrected chi connectivity index (χ2v) is 9.35. The van der Waals surface area contributed by atoms with E-state index >= 15 is 0 Å². The Hall–Kier alpha value is -2.59. The van der Waals surface area contributed by atoms with Gasteiger partial charge >= 0.3 is 5.97 Å². The Labute approximate surface area is 205 Å². The van der Waals surface area contributed by atoms with E-state index in [4.69, 9.17) is 9.47 Å². The van der Waals surface area contributed by atoms with E-state index in [1.165, 1.54) is 56.9 Å². The molecule has 4 nitrogen and oxygen atoms in total. The van der Waals surface area contributed by atoms with Crippen LogP contribution in [0.25, 0.3) is 11.1 Å². The molecule has 1 N–H and O–H groups in total. The molecule has 184 valence electrons. The van der Waals surface area contributed by atoms with Crippen LogP contribution in [0, 0.1) is 5.92 Å². The van der Waals surface area contributed by atoms with Crippen molar-refractivity contribution in [1.82, 2.24) is 0 Å². The van der Waals surface area contributed by atoms with Crippen molar-refractivity contribution in [2.24, 2.45) is 5.92 Å². The van der Waals surface area contributed by atoms with Crippen LogP contribution in [-0.4, -0.2) is 30.9 Å². The Balaban J connectivity index is 1.61. The lowest BCUT2D eigenvalue weighted by Crippen LogP contribution is -2.13. The molecule has 3 rings (SSSR count). The van der Waals surface area contributed by atoms with Crippen molar-refractivity contribution in [2.75, 3.05) is 19.8 Å². The van der Waals surface area contributed by atoms with E-state index in [9.17, 15) is 9.90 Å². The summed E-state index contributed by atoms with van der Waals surface area (Å²) < 4.78 is 10.9. The van der Waals surface area contributed by atoms with Gasteiger partial charge in [-0.25, -0.2) is 4.79 Å². The Bertz CT molecular complexity index is 895. The van der Waals surface area contributed by atoms with Crippen molar-refractivity contribution in [3.05, 3.63) is 66.2 Å². The van der Waals surface area contributed by atoms with Crippen LogP contribution in [0.5, 0.6) is 5.75 Å². The van der Waals surface area contributed by atoms with Crippen LogP contribution in [0.3, 0.4) is 0 Å². The highest BCUT2D eigenvalue weighted by Crippen LogP contribution is 2.38. The summed E-state index contributed by atoms with van der Waals surface area (Å²) in [6.45, 7) is 6.13. The predicted molar refractivity (Wildman–Crippen MR) is 138 cm³/mol. The largest absolute Gasteiger partial charge is 0.490 e. The van der Waals surface area contributed by atoms with Crippen molar-refractivity contribution < 1.29 is 19.4 Å². The fraction of sp³-hybridized carbons (Fsp3) is 0.500. The van der Waals surface area contributed by atoms with Crippen LogP contribution in [-0.2, 0) is 16.0 Å². The summed E-state index contributed by atoms with van der Waals surface area (Å²) in [6.07, 6.45) is 12.5. The number of unbranched alkanes of at least 4 members (excludes halogenated alkanes) is 2. The highest BCUT2D eigenvalue weighted by Gasteiger charge is 2.22. The van der Waals surface area contributed by atoms with Gasteiger partial charge in [0.15, 0.2) is 0 Å². The first kappa shape index (κ1) is 26.0. The lowest BCUT2D eigenvalue weighted by molar-refractivity contribution is -0.138. The maximum Gasteiger partial charge on any atom is 0.330 e. The number of carbonyl (C=O) groups excluding carboxylic acids is 1. The number of aliphatic hydroxyl groups excluding tert-OH is 1. The van der Waals surface area contributed by atoms with Gasteiger partial charge in [0, 0.05) is 12.7 Å². The smallest absolute Gasteiger partial charge is 0.330 e. The molecular weight excluding hydrogens is 424 g/mol. The minimum Gasteiger partial charge on any atom is -0.490 e. The lowest BCUT2D eigenvalue weighted by atomic mass is 9.77. The molecule has 0 heterocycles. The van der Waals surface area contributed by atoms with Gasteiger partial charge in [-0.1, -0.05) is 75.6 Å². The van der Waals surface area contributed by atoms with Gasteiger partial charge in [-0.15, -0.1) is 0 Å². The molecule has 34 heavy (non-hydrogen) atoms. The SMILES string of the molecule is C=CC(=O)OCCOc1cc(-c2ccc(C3CCC(CCCCC)CC3)cc2)ccc1CCO. The van der Waals surface area contributed by atoms with Crippen LogP contribution in [0.15, 0.2) is 55.1 Å². The molecule has 0 spiro atoms. The average Bonchev–Trinajstić information content (AvgIpc) is 2.88. The Morgan fingerprint density at radius 1 is 1.03 bits per heavy atom. The number of esters is 1. The van der Waals surface area contributed by atoms with Gasteiger partial charge in [-0.2, -0.15) is 0 Å². The number of aliphatic hydroxyl groups is 1. The van der Waals surface area contributed by atoms with Crippen LogP contribution >= 0.6 is 0 Å². The molecule has 1 aliphatic carbocycles. The second-order valence-electron chi connectivity index (χ2n) is 9.35. The summed E-state index contributed by atoms with van der Waals surface area (Å²) >= 11 is 0. The molecule has 1 saturated carbocycles. The monoisotopic (exact) mass is 464 g/mol. The maximum atomic E-state index is 11.2. The first-order valence-corrected chi connectivity index (χ1v) is 12.9. The fourth-order valence-electron chi connectivity index (χ4n) is 4.96. The molecule has 4 heteroatoms. The third-order valence-corrected chi connectivity index (χ3v) is 6.98. The lowest BCUT2D eigenvalue weighted by Gasteiger charge is -2.29. The first-order chi connectivity index (χ1) is 16.6. The minimum atomic E-state index is -0.460. The van der Waals surface area contributed by atoms with Crippen LogP contribution in [0.1, 0.15) is 75.3 Å². The zero-order valence-electron chi connectivity index (χ0n) is 20.6. The van der Waals surface area contributed by atoms with E-state index in [1.807, 2.05) is 12.1 Å². The summed E-state index contributed by atoms with van der Waals surface area (Å²) in [4.78, 5) is 11.2. The first-order valence-electron chi connectivity index (χ1n) is 12.9. The molecule has 0 aromatic heterocycles. The van der Waals surface area contributed by atoms with Crippen molar-refractivity contribution in [3.8, 4) is 16.9 Å². The van der Waals surface area contributed by atoms with E-state index in [0.29, 0.717) is 18.1 Å². The van der Waals surface area contributed by atoms with Gasteiger partial charge in [-0.3, -0.25) is 0 Å². The quantitative estimate of drug-likeness (QED) is 0.200. The van der Waals surface area contributed by atoms with Crippen LogP contribution < -0.4 is 4.74 Å². The van der Waals surface area contributed by atoms with Crippen molar-refractivity contribution >= 4 is 5.97 Å². The molecule has 2 aromatic rings. The molecule has 0 unspecified atom stereocenters. The molecule has 0 atom stereocenters. The maximum absolute atomic E-state index is 11.2. The fourth-order valence-corrected chi connectivity index (χ4v) is 4.96. The summed E-state index contributed by atoms with van der Waals surface area (Å²) in [7, 11) is 0. The summed E-state index contributed by atoms with van der Waals surface area (Å²) in [5, 5.41) is 9.40. The third kappa shape index (κ3) is 7.73. The molecule has 0 amide bonds. The second kappa shape index (κ2) is 14.0. The summed E-state index contributed by atoms with van der Waals surface area (Å²) in [5.74, 6) is 1.86. The highest BCUT2D eigenvalue weighted by molar-refractivity contribution is 5.81. The number of hydrogen-bond acceptors (Lipinski definition) is 4. The molecule has 1 fully saturated rings. The molecular formula is C30H40O4. The predicted octanol–water partition coefficient (Wildman–Crippen LogP) is 6.85. The van der Waals surface area contributed by atoms with Crippen molar-refractivity contribution in [1.29, 1.82) is 0 Å². The van der Waals surface area contributed by atoms with E-state index in [0.717, 1.165) is 28.7 Å². The summed E-state index contributed by atoms with van der Waals surface area (Å²) in [5.41, 5.74) is 4.61. The van der Waals surface area contributed by atoms with Gasteiger partial charge in [0.05, 0.1) is 0 Å². The Morgan fingerprint density at radius 2 is 1.76 bits per heavy atom. The molecule has 0 saturated heterocycles. The van der Waals surface area contributed by atoms with Gasteiger partial charge < -0.3 is 14.6 Å². The number of ether oxygens (including phenoxy) is 2. The topological polar surface area (TPSA) is 55.8 Å². The number of hydrogen-bond donors (Lipinski definition) is 1. The van der Waals surface area contributed by atoms with Gasteiger partial charge in [0.25, 0.3) is 0 Å². The minimum absolute atomic E-state index is 0.0523. The molecule has 1 aliphatic rings. The molecule has 0 radical (unpaired) electrons. The molecule has 0 bridgehead atoms. The van der Waals surface area contributed by atoms with Crippen LogP contribution in [0.4, 0.5) is 0 Å². The third-order valence-electron chi connectivity index (χ3n) is 6.98. The molecule has 2 aromatic carbocycles. The van der Waals surface area contributed by atoms with Crippen molar-refractivity contribution in [3.63, 3.8) is 0 Å². The van der Waals surface area contributed by atoms with E-state index in [2.05, 4.69) is 43.8 Å². The standard InChI is InChI=1S/C30H40O4/c1-3-5-6-7-23-8-10-24(11-9-23)25-12-14-26(15-13-25)28-17-16-27(18-19-31)29(22-28)33-20-21-34-30(32)4-2/h4,12-17,22-24,31H,2-3,5-11,18-21H2,1H3. The number of benzene rings is 2. The van der Waals surface area contributed by atoms with E-state index < -0.39 is 5.97 Å². The Kier molecular flexibility index (Phi) is 10.7. The number of carbonyl (C=O) groups is 1. The van der Waals surface area contributed by atoms with E-state index in [1.54, 1.807) is 0 Å². The van der Waals surface area contributed by atoms with Crippen molar-refractivity contribution in [2.45, 2.75) is 70.6 Å². The average molecular weight is 465 g/mol. The van der Waals surface area contributed by atoms with Gasteiger partial charge in [0.1, 0.15) is 19.0 Å². The zero-order chi connectivity index (χ0) is 24.2. The van der Waals surface area contributed by atoms with Crippen LogP contribution in [0.2, 0.25) is 0 Å². The number of rotatable bonds is 13. The summed E-state index contributed by atoms with van der Waals surface area (Å²) in [6, 6.07) is 15.1. The molecule has 0 aliphatic heterocycles. The van der Waals surface area contributed by atoms with Gasteiger partial charge in [-0.05, 0) is 72.3 Å². The van der Waals surface area contributed by atoms with Gasteiger partial charge in [0.2, 0.25) is 0 Å². The highest BCUT2D eigenvalue weighted by atomic mass is 16.6. The van der Waals surface area contributed by atoms with E-state index in [-0.39, 0.29) is 19.8 Å². The Morgan fingerprint density at radius 3 is 2.44 bits per heavy atom. The normalized spacial score (nSPS) is 17.8. The zero-order valence-corrected chi connectivity index (χ0v) is 20.6.